The molecular formula is C16H15BrF2O6PS+. The molecule has 0 aliphatic rings. The van der Waals surface area contributed by atoms with Gasteiger partial charge in [0, 0.05) is 15.3 Å². The SMILES string of the molecule is CS(=O)(=O)c1ccc(COCc2ccc(C(F)(F)O[P+](=O)O)c(Br)c2)cc1. The number of hydrogen-bond acceptors (Lipinski definition) is 5. The Bertz CT molecular complexity index is 934. The van der Waals surface area contributed by atoms with E-state index in [-0.39, 0.29) is 22.6 Å². The van der Waals surface area contributed by atoms with Crippen LogP contribution in [-0.4, -0.2) is 19.6 Å². The maximum absolute atomic E-state index is 13.7. The molecule has 27 heavy (non-hydrogen) atoms. The number of alkyl halides is 2. The molecule has 0 amide bonds. The van der Waals surface area contributed by atoms with Crippen molar-refractivity contribution in [1.82, 2.24) is 0 Å². The van der Waals surface area contributed by atoms with E-state index in [0.717, 1.165) is 17.9 Å². The zero-order valence-electron chi connectivity index (χ0n) is 13.9. The van der Waals surface area contributed by atoms with Gasteiger partial charge in [-0.1, -0.05) is 34.1 Å². The molecule has 146 valence electrons. The Morgan fingerprint density at radius 2 is 1.67 bits per heavy atom. The average Bonchev–Trinajstić information content (AvgIpc) is 2.53. The predicted octanol–water partition coefficient (Wildman–Crippen LogP) is 4.29. The number of benzene rings is 2. The van der Waals surface area contributed by atoms with Crippen LogP contribution in [0, 0.1) is 0 Å². The van der Waals surface area contributed by atoms with E-state index in [4.69, 9.17) is 9.63 Å². The van der Waals surface area contributed by atoms with E-state index in [1.54, 1.807) is 12.1 Å². The molecule has 11 heteroatoms. The van der Waals surface area contributed by atoms with E-state index in [2.05, 4.69) is 20.5 Å². The topological polar surface area (TPSA) is 89.9 Å². The van der Waals surface area contributed by atoms with E-state index in [1.165, 1.54) is 24.3 Å². The molecule has 1 atom stereocenters. The van der Waals surface area contributed by atoms with Crippen LogP contribution in [-0.2, 0) is 43.0 Å². The molecule has 1 unspecified atom stereocenters. The van der Waals surface area contributed by atoms with Crippen molar-refractivity contribution in [3.8, 4) is 0 Å². The summed E-state index contributed by atoms with van der Waals surface area (Å²) in [5.41, 5.74) is 0.757. The fourth-order valence-electron chi connectivity index (χ4n) is 2.15. The molecule has 0 fully saturated rings. The molecule has 0 saturated carbocycles. The Morgan fingerprint density at radius 1 is 1.11 bits per heavy atom. The highest BCUT2D eigenvalue weighted by molar-refractivity contribution is 9.10. The van der Waals surface area contributed by atoms with Gasteiger partial charge in [-0.25, -0.2) is 8.42 Å². The van der Waals surface area contributed by atoms with E-state index in [0.29, 0.717) is 5.56 Å². The quantitative estimate of drug-likeness (QED) is 0.563. The zero-order chi connectivity index (χ0) is 20.2. The van der Waals surface area contributed by atoms with Crippen molar-refractivity contribution < 1.29 is 35.9 Å². The first kappa shape index (κ1) is 22.0. The van der Waals surface area contributed by atoms with Gasteiger partial charge in [-0.2, -0.15) is 8.78 Å². The zero-order valence-corrected chi connectivity index (χ0v) is 17.2. The molecule has 0 heterocycles. The van der Waals surface area contributed by atoms with Gasteiger partial charge < -0.3 is 4.74 Å². The van der Waals surface area contributed by atoms with Crippen molar-refractivity contribution in [2.45, 2.75) is 24.2 Å². The average molecular weight is 484 g/mol. The molecule has 0 spiro atoms. The minimum absolute atomic E-state index is 0.00274. The van der Waals surface area contributed by atoms with Crippen LogP contribution >= 0.6 is 24.2 Å². The number of hydrogen-bond donors (Lipinski definition) is 1. The molecule has 0 radical (unpaired) electrons. The van der Waals surface area contributed by atoms with Gasteiger partial charge in [0.05, 0.1) is 23.7 Å². The van der Waals surface area contributed by atoms with E-state index in [1.807, 2.05) is 0 Å². The summed E-state index contributed by atoms with van der Waals surface area (Å²) < 4.78 is 70.0. The summed E-state index contributed by atoms with van der Waals surface area (Å²) in [6.45, 7) is 0.321. The minimum atomic E-state index is -3.91. The Balaban J connectivity index is 1.99. The van der Waals surface area contributed by atoms with Gasteiger partial charge in [0.2, 0.25) is 0 Å². The lowest BCUT2D eigenvalue weighted by atomic mass is 10.1. The monoisotopic (exact) mass is 483 g/mol. The van der Waals surface area contributed by atoms with Crippen LogP contribution in [0.25, 0.3) is 0 Å². The van der Waals surface area contributed by atoms with Crippen LogP contribution in [0.15, 0.2) is 51.8 Å². The third kappa shape index (κ3) is 6.38. The maximum atomic E-state index is 13.7. The van der Waals surface area contributed by atoms with Gasteiger partial charge in [0.1, 0.15) is 0 Å². The van der Waals surface area contributed by atoms with Crippen molar-refractivity contribution in [3.63, 3.8) is 0 Å². The van der Waals surface area contributed by atoms with Crippen LogP contribution in [0.4, 0.5) is 8.78 Å². The lowest BCUT2D eigenvalue weighted by molar-refractivity contribution is -0.186. The van der Waals surface area contributed by atoms with Crippen LogP contribution in [0.1, 0.15) is 16.7 Å². The van der Waals surface area contributed by atoms with Crippen LogP contribution < -0.4 is 0 Å². The smallest absolute Gasteiger partial charge is 0.372 e. The molecule has 2 aromatic rings. The third-order valence-electron chi connectivity index (χ3n) is 3.43. The van der Waals surface area contributed by atoms with Crippen molar-refractivity contribution in [2.75, 3.05) is 6.26 Å². The highest BCUT2D eigenvalue weighted by Crippen LogP contribution is 2.40. The molecule has 0 saturated heterocycles. The summed E-state index contributed by atoms with van der Waals surface area (Å²) in [4.78, 5) is 8.73. The lowest BCUT2D eigenvalue weighted by Crippen LogP contribution is -2.15. The number of halogens is 3. The highest BCUT2D eigenvalue weighted by Gasteiger charge is 2.44. The molecule has 0 aromatic heterocycles. The van der Waals surface area contributed by atoms with Gasteiger partial charge in [-0.05, 0) is 39.9 Å². The van der Waals surface area contributed by atoms with Crippen molar-refractivity contribution in [1.29, 1.82) is 0 Å². The van der Waals surface area contributed by atoms with Crippen molar-refractivity contribution in [3.05, 3.63) is 63.6 Å². The van der Waals surface area contributed by atoms with Gasteiger partial charge in [-0.15, -0.1) is 4.89 Å². The van der Waals surface area contributed by atoms with E-state index in [9.17, 15) is 21.8 Å². The molecule has 2 rings (SSSR count). The standard InChI is InChI=1S/C16H14BrF2O6PS/c1-27(22,23)13-5-2-11(3-6-13)9-24-10-12-4-7-14(15(17)8-12)16(18,19)25-26(20)21/h2-8H,9-10H2,1H3/p+1. The Morgan fingerprint density at radius 3 is 2.19 bits per heavy atom. The summed E-state index contributed by atoms with van der Waals surface area (Å²) in [6.07, 6.45) is -2.80. The van der Waals surface area contributed by atoms with E-state index < -0.39 is 29.8 Å². The van der Waals surface area contributed by atoms with Crippen molar-refractivity contribution in [2.24, 2.45) is 0 Å². The molecule has 0 bridgehead atoms. The van der Waals surface area contributed by atoms with Crippen molar-refractivity contribution >= 4 is 34.0 Å². The van der Waals surface area contributed by atoms with Crippen LogP contribution in [0.5, 0.6) is 0 Å². The first-order valence-electron chi connectivity index (χ1n) is 7.38. The largest absolute Gasteiger partial charge is 0.701 e. The number of sulfone groups is 1. The van der Waals surface area contributed by atoms with E-state index >= 15 is 0 Å². The molecule has 0 aliphatic heterocycles. The maximum Gasteiger partial charge on any atom is 0.701 e. The van der Waals surface area contributed by atoms with Gasteiger partial charge >= 0.3 is 14.4 Å². The summed E-state index contributed by atoms with van der Waals surface area (Å²) in [7, 11) is -6.72. The summed E-state index contributed by atoms with van der Waals surface area (Å²) in [6, 6.07) is 10.1. The number of ether oxygens (including phenoxy) is 1. The lowest BCUT2D eigenvalue weighted by Gasteiger charge is -2.12. The predicted molar refractivity (Wildman–Crippen MR) is 97.0 cm³/mol. The first-order valence-corrected chi connectivity index (χ1v) is 11.2. The third-order valence-corrected chi connectivity index (χ3v) is 5.60. The fraction of sp³-hybridized carbons (Fsp3) is 0.250. The second-order valence-electron chi connectivity index (χ2n) is 5.57. The van der Waals surface area contributed by atoms with Gasteiger partial charge in [0.25, 0.3) is 0 Å². The second-order valence-corrected chi connectivity index (χ2v) is 9.10. The molecule has 1 N–H and O–H groups in total. The molecule has 6 nitrogen and oxygen atoms in total. The highest BCUT2D eigenvalue weighted by atomic mass is 79.9. The van der Waals surface area contributed by atoms with Crippen LogP contribution in [0.3, 0.4) is 0 Å². The molecular weight excluding hydrogens is 469 g/mol. The summed E-state index contributed by atoms with van der Waals surface area (Å²) >= 11 is 2.99. The Hall–Kier alpha value is -1.29. The summed E-state index contributed by atoms with van der Waals surface area (Å²) in [5.74, 6) is 0. The Kier molecular flexibility index (Phi) is 7.18. The Labute approximate surface area is 164 Å². The first-order chi connectivity index (χ1) is 12.5. The van der Waals surface area contributed by atoms with Gasteiger partial charge in [-0.3, -0.25) is 0 Å². The normalized spacial score (nSPS) is 12.9. The fourth-order valence-corrected chi connectivity index (χ4v) is 3.73. The van der Waals surface area contributed by atoms with Gasteiger partial charge in [0.15, 0.2) is 9.84 Å². The molecule has 0 aliphatic carbocycles. The minimum Gasteiger partial charge on any atom is -0.372 e. The second kappa shape index (κ2) is 8.81. The molecule has 2 aromatic carbocycles. The number of rotatable bonds is 8. The summed E-state index contributed by atoms with van der Waals surface area (Å²) in [5, 5.41) is 0. The van der Waals surface area contributed by atoms with Crippen LogP contribution in [0.2, 0.25) is 0 Å².